The zero-order valence-corrected chi connectivity index (χ0v) is 16.6. The van der Waals surface area contributed by atoms with E-state index in [2.05, 4.69) is 35.1 Å². The largest absolute Gasteiger partial charge is 0.493 e. The molecule has 0 aliphatic carbocycles. The highest BCUT2D eigenvalue weighted by Crippen LogP contribution is 2.37. The van der Waals surface area contributed by atoms with Crippen LogP contribution in [-0.2, 0) is 13.2 Å². The molecular weight excluding hydrogens is 390 g/mol. The minimum atomic E-state index is 0.437. The first-order chi connectivity index (χ1) is 11.5. The van der Waals surface area contributed by atoms with Gasteiger partial charge >= 0.3 is 0 Å². The summed E-state index contributed by atoms with van der Waals surface area (Å²) in [6.45, 7) is 5.50. The third-order valence-electron chi connectivity index (χ3n) is 3.92. The Kier molecular flexibility index (Phi) is 7.40. The summed E-state index contributed by atoms with van der Waals surface area (Å²) in [5, 5.41) is 4.22. The Morgan fingerprint density at radius 2 is 1.88 bits per heavy atom. The maximum Gasteiger partial charge on any atom is 0.167 e. The number of ether oxygens (including phenoxy) is 2. The van der Waals surface area contributed by atoms with E-state index in [1.807, 2.05) is 36.4 Å². The molecule has 0 heterocycles. The first-order valence-corrected chi connectivity index (χ1v) is 9.18. The van der Waals surface area contributed by atoms with E-state index in [9.17, 15) is 0 Å². The molecule has 24 heavy (non-hydrogen) atoms. The Labute approximate surface area is 157 Å². The van der Waals surface area contributed by atoms with Gasteiger partial charge in [0.25, 0.3) is 0 Å². The van der Waals surface area contributed by atoms with Crippen LogP contribution in [0.2, 0.25) is 5.02 Å². The van der Waals surface area contributed by atoms with E-state index in [4.69, 9.17) is 21.1 Å². The van der Waals surface area contributed by atoms with Gasteiger partial charge in [-0.15, -0.1) is 0 Å². The molecule has 130 valence electrons. The highest BCUT2D eigenvalue weighted by atomic mass is 79.9. The summed E-state index contributed by atoms with van der Waals surface area (Å²) in [4.78, 5) is 0. The second-order valence-electron chi connectivity index (χ2n) is 5.66. The first-order valence-electron chi connectivity index (χ1n) is 8.01. The standard InChI is InChI=1S/C19H23BrClNO2/c1-4-13(2)22-11-16-17(20)9-10-18(23-3)19(16)24-12-14-5-7-15(21)8-6-14/h5-10,13,22H,4,11-12H2,1-3H3. The van der Waals surface area contributed by atoms with Gasteiger partial charge in [-0.05, 0) is 43.2 Å². The topological polar surface area (TPSA) is 30.5 Å². The van der Waals surface area contributed by atoms with Crippen molar-refractivity contribution in [2.75, 3.05) is 7.11 Å². The summed E-state index contributed by atoms with van der Waals surface area (Å²) in [5.74, 6) is 1.49. The molecule has 0 bridgehead atoms. The van der Waals surface area contributed by atoms with Crippen LogP contribution in [0.1, 0.15) is 31.4 Å². The molecular formula is C19H23BrClNO2. The fourth-order valence-electron chi connectivity index (χ4n) is 2.22. The average Bonchev–Trinajstić information content (AvgIpc) is 2.60. The molecule has 1 N–H and O–H groups in total. The normalized spacial score (nSPS) is 12.0. The van der Waals surface area contributed by atoms with Crippen molar-refractivity contribution >= 4 is 27.5 Å². The fourth-order valence-corrected chi connectivity index (χ4v) is 2.80. The van der Waals surface area contributed by atoms with Crippen molar-refractivity contribution in [3.05, 3.63) is 57.0 Å². The van der Waals surface area contributed by atoms with E-state index in [1.165, 1.54) is 0 Å². The molecule has 0 aromatic heterocycles. The minimum Gasteiger partial charge on any atom is -0.493 e. The summed E-state index contributed by atoms with van der Waals surface area (Å²) < 4.78 is 12.6. The molecule has 1 unspecified atom stereocenters. The van der Waals surface area contributed by atoms with E-state index in [0.717, 1.165) is 38.5 Å². The minimum absolute atomic E-state index is 0.437. The van der Waals surface area contributed by atoms with E-state index < -0.39 is 0 Å². The number of halogens is 2. The molecule has 0 fully saturated rings. The fraction of sp³-hybridized carbons (Fsp3) is 0.368. The molecule has 3 nitrogen and oxygen atoms in total. The lowest BCUT2D eigenvalue weighted by atomic mass is 10.1. The van der Waals surface area contributed by atoms with Crippen LogP contribution in [0.3, 0.4) is 0 Å². The molecule has 0 aliphatic heterocycles. The monoisotopic (exact) mass is 411 g/mol. The smallest absolute Gasteiger partial charge is 0.167 e. The Morgan fingerprint density at radius 3 is 2.50 bits per heavy atom. The molecule has 0 radical (unpaired) electrons. The Balaban J connectivity index is 2.21. The molecule has 2 aromatic rings. The maximum absolute atomic E-state index is 6.09. The molecule has 5 heteroatoms. The van der Waals surface area contributed by atoms with Crippen molar-refractivity contribution in [3.8, 4) is 11.5 Å². The number of methoxy groups -OCH3 is 1. The second kappa shape index (κ2) is 9.30. The van der Waals surface area contributed by atoms with E-state index in [-0.39, 0.29) is 0 Å². The first kappa shape index (κ1) is 19.1. The number of rotatable bonds is 8. The van der Waals surface area contributed by atoms with Gasteiger partial charge in [-0.25, -0.2) is 0 Å². The van der Waals surface area contributed by atoms with Gasteiger partial charge in [0.2, 0.25) is 0 Å². The summed E-state index contributed by atoms with van der Waals surface area (Å²) in [7, 11) is 1.66. The summed E-state index contributed by atoms with van der Waals surface area (Å²) in [6.07, 6.45) is 1.07. The summed E-state index contributed by atoms with van der Waals surface area (Å²) >= 11 is 9.56. The van der Waals surface area contributed by atoms with Crippen molar-refractivity contribution in [3.63, 3.8) is 0 Å². The molecule has 0 saturated heterocycles. The van der Waals surface area contributed by atoms with Gasteiger partial charge in [0.15, 0.2) is 11.5 Å². The third kappa shape index (κ3) is 5.13. The molecule has 2 aromatic carbocycles. The van der Waals surface area contributed by atoms with Crippen molar-refractivity contribution in [2.45, 2.75) is 39.5 Å². The summed E-state index contributed by atoms with van der Waals surface area (Å²) in [5.41, 5.74) is 2.12. The van der Waals surface area contributed by atoms with Gasteiger partial charge < -0.3 is 14.8 Å². The lowest BCUT2D eigenvalue weighted by Gasteiger charge is -2.19. The van der Waals surface area contributed by atoms with Crippen LogP contribution in [0, 0.1) is 0 Å². The van der Waals surface area contributed by atoms with Crippen LogP contribution in [0.5, 0.6) is 11.5 Å². The molecule has 0 aliphatic rings. The lowest BCUT2D eigenvalue weighted by Crippen LogP contribution is -2.25. The van der Waals surface area contributed by atoms with E-state index in [1.54, 1.807) is 7.11 Å². The number of hydrogen-bond donors (Lipinski definition) is 1. The van der Waals surface area contributed by atoms with Crippen molar-refractivity contribution in [2.24, 2.45) is 0 Å². The van der Waals surface area contributed by atoms with E-state index >= 15 is 0 Å². The van der Waals surface area contributed by atoms with E-state index in [0.29, 0.717) is 19.2 Å². The SMILES string of the molecule is CCC(C)NCc1c(Br)ccc(OC)c1OCc1ccc(Cl)cc1. The van der Waals surface area contributed by atoms with Crippen LogP contribution in [-0.4, -0.2) is 13.2 Å². The third-order valence-corrected chi connectivity index (χ3v) is 4.92. The van der Waals surface area contributed by atoms with Gasteiger partial charge in [-0.3, -0.25) is 0 Å². The van der Waals surface area contributed by atoms with Crippen LogP contribution in [0.25, 0.3) is 0 Å². The van der Waals surface area contributed by atoms with Gasteiger partial charge in [-0.1, -0.05) is 46.6 Å². The van der Waals surface area contributed by atoms with Gasteiger partial charge in [0.1, 0.15) is 6.61 Å². The second-order valence-corrected chi connectivity index (χ2v) is 6.95. The van der Waals surface area contributed by atoms with Crippen molar-refractivity contribution in [1.82, 2.24) is 5.32 Å². The molecule has 0 saturated carbocycles. The average molecular weight is 413 g/mol. The highest BCUT2D eigenvalue weighted by molar-refractivity contribution is 9.10. The molecule has 0 amide bonds. The van der Waals surface area contributed by atoms with Crippen LogP contribution >= 0.6 is 27.5 Å². The molecule has 1 atom stereocenters. The Hall–Kier alpha value is -1.23. The zero-order chi connectivity index (χ0) is 17.5. The summed E-state index contributed by atoms with van der Waals surface area (Å²) in [6, 6.07) is 12.0. The number of hydrogen-bond acceptors (Lipinski definition) is 3. The molecule has 2 rings (SSSR count). The Morgan fingerprint density at radius 1 is 1.17 bits per heavy atom. The van der Waals surface area contributed by atoms with Gasteiger partial charge in [-0.2, -0.15) is 0 Å². The Bertz CT molecular complexity index is 661. The van der Waals surface area contributed by atoms with Crippen molar-refractivity contribution in [1.29, 1.82) is 0 Å². The highest BCUT2D eigenvalue weighted by Gasteiger charge is 2.15. The van der Waals surface area contributed by atoms with Crippen LogP contribution < -0.4 is 14.8 Å². The van der Waals surface area contributed by atoms with Gasteiger partial charge in [0, 0.05) is 27.6 Å². The lowest BCUT2D eigenvalue weighted by molar-refractivity contribution is 0.280. The van der Waals surface area contributed by atoms with Crippen molar-refractivity contribution < 1.29 is 9.47 Å². The molecule has 0 spiro atoms. The number of nitrogens with one attached hydrogen (secondary N) is 1. The quantitative estimate of drug-likeness (QED) is 0.614. The zero-order valence-electron chi connectivity index (χ0n) is 14.2. The van der Waals surface area contributed by atoms with Gasteiger partial charge in [0.05, 0.1) is 7.11 Å². The predicted molar refractivity (Wildman–Crippen MR) is 103 cm³/mol. The predicted octanol–water partition coefficient (Wildman–Crippen LogP) is 5.58. The maximum atomic E-state index is 6.09. The van der Waals surface area contributed by atoms with Crippen LogP contribution in [0.15, 0.2) is 40.9 Å². The number of benzene rings is 2. The van der Waals surface area contributed by atoms with Crippen LogP contribution in [0.4, 0.5) is 0 Å².